The Morgan fingerprint density at radius 2 is 2.21 bits per heavy atom. The van der Waals surface area contributed by atoms with Crippen LogP contribution < -0.4 is 5.32 Å². The summed E-state index contributed by atoms with van der Waals surface area (Å²) < 4.78 is 11.4. The van der Waals surface area contributed by atoms with Crippen molar-refractivity contribution in [2.75, 3.05) is 26.2 Å². The van der Waals surface area contributed by atoms with Crippen LogP contribution in [0.25, 0.3) is 11.1 Å². The molecule has 2 saturated heterocycles. The van der Waals surface area contributed by atoms with Gasteiger partial charge in [0.15, 0.2) is 11.5 Å². The maximum absolute atomic E-state index is 12.4. The molecule has 0 bridgehead atoms. The second-order valence-corrected chi connectivity index (χ2v) is 6.63. The number of hydrogen-bond donors (Lipinski definition) is 1. The molecule has 0 spiro atoms. The molecule has 3 heterocycles. The minimum atomic E-state index is -0.00805. The van der Waals surface area contributed by atoms with E-state index in [2.05, 4.69) is 10.3 Å². The van der Waals surface area contributed by atoms with E-state index in [4.69, 9.17) is 9.15 Å². The number of nitrogens with zero attached hydrogens (tertiary/aromatic N) is 2. The van der Waals surface area contributed by atoms with Gasteiger partial charge in [0.05, 0.1) is 12.0 Å². The number of rotatable bonds is 3. The van der Waals surface area contributed by atoms with E-state index in [0.29, 0.717) is 13.1 Å². The van der Waals surface area contributed by atoms with Crippen LogP contribution in [0, 0.1) is 0 Å². The molecule has 2 aliphatic rings. The number of likely N-dealkylation sites (tertiary alicyclic amines) is 1. The normalized spacial score (nSPS) is 24.4. The summed E-state index contributed by atoms with van der Waals surface area (Å²) in [5.41, 5.74) is 1.69. The fourth-order valence-electron chi connectivity index (χ4n) is 3.55. The summed E-state index contributed by atoms with van der Waals surface area (Å²) in [4.78, 5) is 18.9. The first-order valence-corrected chi connectivity index (χ1v) is 8.79. The summed E-state index contributed by atoms with van der Waals surface area (Å²) in [7, 11) is 0. The van der Waals surface area contributed by atoms with Crippen LogP contribution in [-0.2, 0) is 4.74 Å². The van der Waals surface area contributed by atoms with E-state index in [1.807, 2.05) is 29.2 Å². The summed E-state index contributed by atoms with van der Waals surface area (Å²) >= 11 is 0. The maximum atomic E-state index is 12.4. The molecular weight excluding hydrogens is 306 g/mol. The number of benzene rings is 1. The number of amides is 2. The molecule has 2 fully saturated rings. The third-order valence-electron chi connectivity index (χ3n) is 4.87. The van der Waals surface area contributed by atoms with Gasteiger partial charge in [-0.25, -0.2) is 9.78 Å². The van der Waals surface area contributed by atoms with Gasteiger partial charge in [-0.2, -0.15) is 0 Å². The van der Waals surface area contributed by atoms with E-state index in [1.165, 1.54) is 0 Å². The van der Waals surface area contributed by atoms with Gasteiger partial charge in [0, 0.05) is 26.2 Å². The third kappa shape index (κ3) is 3.24. The van der Waals surface area contributed by atoms with Gasteiger partial charge in [0.1, 0.15) is 5.52 Å². The largest absolute Gasteiger partial charge is 0.440 e. The molecule has 1 aromatic carbocycles. The molecule has 24 heavy (non-hydrogen) atoms. The zero-order valence-corrected chi connectivity index (χ0v) is 13.7. The zero-order valence-electron chi connectivity index (χ0n) is 13.7. The molecule has 1 aromatic heterocycles. The maximum Gasteiger partial charge on any atom is 0.317 e. The van der Waals surface area contributed by atoms with Crippen molar-refractivity contribution >= 4 is 17.1 Å². The van der Waals surface area contributed by atoms with E-state index in [9.17, 15) is 4.79 Å². The number of oxazole rings is 1. The fraction of sp³-hybridized carbons (Fsp3) is 0.556. The smallest absolute Gasteiger partial charge is 0.317 e. The average molecular weight is 329 g/mol. The first-order valence-electron chi connectivity index (χ1n) is 8.79. The molecule has 1 N–H and O–H groups in total. The number of hydrogen-bond acceptors (Lipinski definition) is 4. The van der Waals surface area contributed by atoms with Gasteiger partial charge < -0.3 is 19.4 Å². The summed E-state index contributed by atoms with van der Waals surface area (Å²) in [5, 5.41) is 3.00. The highest BCUT2D eigenvalue weighted by Gasteiger charge is 2.28. The number of para-hydroxylation sites is 2. The average Bonchev–Trinajstić information content (AvgIpc) is 3.29. The Morgan fingerprint density at radius 1 is 1.29 bits per heavy atom. The van der Waals surface area contributed by atoms with Gasteiger partial charge >= 0.3 is 6.03 Å². The molecule has 0 unspecified atom stereocenters. The fourth-order valence-corrected chi connectivity index (χ4v) is 3.55. The molecule has 2 amide bonds. The monoisotopic (exact) mass is 329 g/mol. The first-order chi connectivity index (χ1) is 11.8. The predicted octanol–water partition coefficient (Wildman–Crippen LogP) is 2.90. The summed E-state index contributed by atoms with van der Waals surface area (Å²) in [6.45, 7) is 2.85. The number of fused-ring (bicyclic) bond motifs is 1. The lowest BCUT2D eigenvalue weighted by molar-refractivity contribution is 0.107. The quantitative estimate of drug-likeness (QED) is 0.940. The second-order valence-electron chi connectivity index (χ2n) is 6.63. The topological polar surface area (TPSA) is 67.6 Å². The van der Waals surface area contributed by atoms with Crippen LogP contribution in [-0.4, -0.2) is 48.3 Å². The Kier molecular flexibility index (Phi) is 4.38. The van der Waals surface area contributed by atoms with Gasteiger partial charge in [-0.15, -0.1) is 0 Å². The molecule has 2 aliphatic heterocycles. The lowest BCUT2D eigenvalue weighted by atomic mass is 9.98. The van der Waals surface area contributed by atoms with Crippen molar-refractivity contribution < 1.29 is 13.9 Å². The molecular formula is C18H23N3O3. The Labute approximate surface area is 141 Å². The van der Waals surface area contributed by atoms with E-state index in [1.54, 1.807) is 0 Å². The first kappa shape index (κ1) is 15.4. The summed E-state index contributed by atoms with van der Waals surface area (Å²) in [6, 6.07) is 7.78. The lowest BCUT2D eigenvalue weighted by Crippen LogP contribution is -2.46. The molecule has 4 rings (SSSR count). The van der Waals surface area contributed by atoms with Crippen molar-refractivity contribution in [3.05, 3.63) is 30.2 Å². The minimum Gasteiger partial charge on any atom is -0.440 e. The molecule has 2 atom stereocenters. The van der Waals surface area contributed by atoms with Crippen LogP contribution in [0.3, 0.4) is 0 Å². The van der Waals surface area contributed by atoms with Crippen LogP contribution >= 0.6 is 0 Å². The zero-order chi connectivity index (χ0) is 16.4. The molecule has 2 aromatic rings. The van der Waals surface area contributed by atoms with E-state index in [0.717, 1.165) is 55.8 Å². The van der Waals surface area contributed by atoms with Crippen LogP contribution in [0.2, 0.25) is 0 Å². The van der Waals surface area contributed by atoms with Gasteiger partial charge in [-0.3, -0.25) is 0 Å². The number of aromatic nitrogens is 1. The SMILES string of the molecule is O=C(NC[C@@H]1CCCO1)N1CCC[C@@H](c2nc3ccccc3o2)C1. The number of carbonyl (C=O) groups excluding carboxylic acids is 1. The molecule has 0 aliphatic carbocycles. The standard InChI is InChI=1S/C18H23N3O3/c22-18(19-11-14-6-4-10-23-14)21-9-3-5-13(12-21)17-20-15-7-1-2-8-16(15)24-17/h1-2,7-8,13-14H,3-6,9-12H2,(H,19,22)/t13-,14+/m1/s1. The number of nitrogens with one attached hydrogen (secondary N) is 1. The van der Waals surface area contributed by atoms with Crippen LogP contribution in [0.4, 0.5) is 4.79 Å². The van der Waals surface area contributed by atoms with Crippen molar-refractivity contribution in [2.45, 2.75) is 37.7 Å². The highest BCUT2D eigenvalue weighted by atomic mass is 16.5. The minimum absolute atomic E-state index is 0.00805. The van der Waals surface area contributed by atoms with E-state index in [-0.39, 0.29) is 18.1 Å². The molecule has 128 valence electrons. The van der Waals surface area contributed by atoms with Gasteiger partial charge in [0.25, 0.3) is 0 Å². The van der Waals surface area contributed by atoms with E-state index >= 15 is 0 Å². The second kappa shape index (κ2) is 6.81. The third-order valence-corrected chi connectivity index (χ3v) is 4.87. The highest BCUT2D eigenvalue weighted by molar-refractivity contribution is 5.74. The Morgan fingerprint density at radius 3 is 3.04 bits per heavy atom. The Hall–Kier alpha value is -2.08. The Bertz CT molecular complexity index is 675. The van der Waals surface area contributed by atoms with Crippen molar-refractivity contribution in [1.82, 2.24) is 15.2 Å². The van der Waals surface area contributed by atoms with Crippen LogP contribution in [0.1, 0.15) is 37.5 Å². The number of ether oxygens (including phenoxy) is 1. The molecule has 6 nitrogen and oxygen atoms in total. The van der Waals surface area contributed by atoms with E-state index < -0.39 is 0 Å². The summed E-state index contributed by atoms with van der Waals surface area (Å²) in [6.07, 6.45) is 4.26. The van der Waals surface area contributed by atoms with Gasteiger partial charge in [-0.05, 0) is 37.8 Å². The predicted molar refractivity (Wildman–Crippen MR) is 89.9 cm³/mol. The summed E-state index contributed by atoms with van der Waals surface area (Å²) in [5.74, 6) is 0.910. The van der Waals surface area contributed by atoms with Gasteiger partial charge in [-0.1, -0.05) is 12.1 Å². The van der Waals surface area contributed by atoms with Crippen molar-refractivity contribution in [3.63, 3.8) is 0 Å². The number of piperidine rings is 1. The lowest BCUT2D eigenvalue weighted by Gasteiger charge is -2.31. The molecule has 0 saturated carbocycles. The Balaban J connectivity index is 1.38. The van der Waals surface area contributed by atoms with Crippen molar-refractivity contribution in [2.24, 2.45) is 0 Å². The van der Waals surface area contributed by atoms with Crippen molar-refractivity contribution in [1.29, 1.82) is 0 Å². The van der Waals surface area contributed by atoms with Crippen LogP contribution in [0.5, 0.6) is 0 Å². The number of urea groups is 1. The molecule has 6 heteroatoms. The van der Waals surface area contributed by atoms with Gasteiger partial charge in [0.2, 0.25) is 0 Å². The molecule has 0 radical (unpaired) electrons. The number of carbonyl (C=O) groups is 1. The highest BCUT2D eigenvalue weighted by Crippen LogP contribution is 2.29. The van der Waals surface area contributed by atoms with Crippen LogP contribution in [0.15, 0.2) is 28.7 Å². The van der Waals surface area contributed by atoms with Crippen molar-refractivity contribution in [3.8, 4) is 0 Å².